The minimum atomic E-state index is -0.305. The zero-order chi connectivity index (χ0) is 19.5. The van der Waals surface area contributed by atoms with Crippen LogP contribution in [0.5, 0.6) is 0 Å². The summed E-state index contributed by atoms with van der Waals surface area (Å²) < 4.78 is 13.4. The second kappa shape index (κ2) is 8.37. The number of amides is 1. The fourth-order valence-electron chi connectivity index (χ4n) is 4.30. The summed E-state index contributed by atoms with van der Waals surface area (Å²) in [7, 11) is 0. The van der Waals surface area contributed by atoms with Crippen LogP contribution in [0.15, 0.2) is 42.6 Å². The van der Waals surface area contributed by atoms with Gasteiger partial charge in [0, 0.05) is 36.9 Å². The fourth-order valence-corrected chi connectivity index (χ4v) is 4.30. The number of nitrogens with one attached hydrogen (secondary N) is 1. The number of aliphatic hydroxyl groups excluding tert-OH is 1. The summed E-state index contributed by atoms with van der Waals surface area (Å²) in [5, 5.41) is 12.8. The van der Waals surface area contributed by atoms with Crippen LogP contribution in [0.3, 0.4) is 0 Å². The van der Waals surface area contributed by atoms with E-state index in [1.165, 1.54) is 12.1 Å². The van der Waals surface area contributed by atoms with E-state index in [9.17, 15) is 14.3 Å². The van der Waals surface area contributed by atoms with Crippen molar-refractivity contribution in [2.75, 3.05) is 13.1 Å². The van der Waals surface area contributed by atoms with Crippen LogP contribution < -0.4 is 5.32 Å². The van der Waals surface area contributed by atoms with Crippen molar-refractivity contribution < 1.29 is 14.3 Å². The molecule has 2 N–H and O–H groups in total. The van der Waals surface area contributed by atoms with Crippen LogP contribution >= 0.6 is 0 Å². The van der Waals surface area contributed by atoms with Crippen molar-refractivity contribution in [1.29, 1.82) is 0 Å². The van der Waals surface area contributed by atoms with Crippen LogP contribution in [0.1, 0.15) is 42.5 Å². The number of carbonyl (C=O) groups is 1. The molecule has 0 spiro atoms. The van der Waals surface area contributed by atoms with E-state index >= 15 is 0 Å². The molecule has 2 fully saturated rings. The predicted molar refractivity (Wildman–Crippen MR) is 105 cm³/mol. The van der Waals surface area contributed by atoms with E-state index in [1.807, 2.05) is 0 Å². The lowest BCUT2D eigenvalue weighted by molar-refractivity contribution is 0.0905. The van der Waals surface area contributed by atoms with Crippen LogP contribution in [-0.2, 0) is 0 Å². The molecule has 4 rings (SSSR count). The number of rotatable bonds is 4. The molecule has 1 saturated heterocycles. The highest BCUT2D eigenvalue weighted by molar-refractivity contribution is 5.94. The maximum Gasteiger partial charge on any atom is 0.253 e. The number of β-amino-alcohol motifs (C(OH)–C–C–N with tert-alkyl or cyclic N) is 1. The first kappa shape index (κ1) is 19.0. The van der Waals surface area contributed by atoms with Crippen LogP contribution in [0.25, 0.3) is 11.3 Å². The predicted octanol–water partition coefficient (Wildman–Crippen LogP) is 3.00. The quantitative estimate of drug-likeness (QED) is 0.852. The van der Waals surface area contributed by atoms with Crippen molar-refractivity contribution in [3.8, 4) is 11.3 Å². The SMILES string of the molecule is O=C(NC1CCC(N2CCC(O)C2)CC1)c1ccc(-c2cccc(F)c2)nc1. The molecule has 6 heteroatoms. The summed E-state index contributed by atoms with van der Waals surface area (Å²) in [6, 6.07) is 10.5. The third-order valence-corrected chi connectivity index (χ3v) is 5.89. The largest absolute Gasteiger partial charge is 0.392 e. The average molecular weight is 383 g/mol. The number of benzene rings is 1. The fraction of sp³-hybridized carbons (Fsp3) is 0.455. The van der Waals surface area contributed by atoms with E-state index in [2.05, 4.69) is 15.2 Å². The molecule has 148 valence electrons. The van der Waals surface area contributed by atoms with Crippen molar-refractivity contribution in [3.63, 3.8) is 0 Å². The Morgan fingerprint density at radius 2 is 1.96 bits per heavy atom. The Morgan fingerprint density at radius 3 is 2.61 bits per heavy atom. The topological polar surface area (TPSA) is 65.5 Å². The van der Waals surface area contributed by atoms with Crippen LogP contribution in [0.4, 0.5) is 4.39 Å². The Balaban J connectivity index is 1.30. The van der Waals surface area contributed by atoms with Gasteiger partial charge in [0.1, 0.15) is 5.82 Å². The molecule has 1 aliphatic heterocycles. The first-order valence-corrected chi connectivity index (χ1v) is 10.0. The van der Waals surface area contributed by atoms with Gasteiger partial charge in [-0.3, -0.25) is 14.7 Å². The minimum absolute atomic E-state index is 0.113. The highest BCUT2D eigenvalue weighted by Gasteiger charge is 2.30. The number of pyridine rings is 1. The molecule has 0 radical (unpaired) electrons. The summed E-state index contributed by atoms with van der Waals surface area (Å²) >= 11 is 0. The number of nitrogens with zero attached hydrogens (tertiary/aromatic N) is 2. The molecule has 2 aliphatic rings. The molecule has 28 heavy (non-hydrogen) atoms. The highest BCUT2D eigenvalue weighted by Crippen LogP contribution is 2.26. The van der Waals surface area contributed by atoms with Gasteiger partial charge in [-0.15, -0.1) is 0 Å². The van der Waals surface area contributed by atoms with Crippen LogP contribution in [-0.4, -0.2) is 52.2 Å². The standard InChI is InChI=1S/C22H26FN3O2/c23-17-3-1-2-15(12-17)21-9-4-16(13-24-21)22(28)25-18-5-7-19(8-6-18)26-11-10-20(27)14-26/h1-4,9,12-13,18-20,27H,5-8,10-11,14H2,(H,25,28). The highest BCUT2D eigenvalue weighted by atomic mass is 19.1. The van der Waals surface area contributed by atoms with E-state index < -0.39 is 0 Å². The normalized spacial score (nSPS) is 25.6. The van der Waals surface area contributed by atoms with Crippen molar-refractivity contribution in [2.24, 2.45) is 0 Å². The van der Waals surface area contributed by atoms with Gasteiger partial charge in [-0.05, 0) is 56.4 Å². The number of aromatic nitrogens is 1. The molecule has 5 nitrogen and oxygen atoms in total. The molecule has 1 aliphatic carbocycles. The summed E-state index contributed by atoms with van der Waals surface area (Å²) in [4.78, 5) is 19.2. The number of likely N-dealkylation sites (tertiary alicyclic amines) is 1. The third-order valence-electron chi connectivity index (χ3n) is 5.89. The van der Waals surface area contributed by atoms with Crippen molar-refractivity contribution >= 4 is 5.91 Å². The lowest BCUT2D eigenvalue weighted by Gasteiger charge is -2.34. The van der Waals surface area contributed by atoms with Crippen molar-refractivity contribution in [3.05, 3.63) is 54.0 Å². The second-order valence-electron chi connectivity index (χ2n) is 7.86. The van der Waals surface area contributed by atoms with Gasteiger partial charge < -0.3 is 10.4 Å². The molecular weight excluding hydrogens is 357 g/mol. The van der Waals surface area contributed by atoms with Gasteiger partial charge in [-0.2, -0.15) is 0 Å². The number of aliphatic hydroxyl groups is 1. The lowest BCUT2D eigenvalue weighted by atomic mass is 9.90. The molecule has 0 bridgehead atoms. The number of halogens is 1. The molecule has 1 saturated carbocycles. The molecule has 1 unspecified atom stereocenters. The van der Waals surface area contributed by atoms with Gasteiger partial charge in [0.2, 0.25) is 0 Å². The summed E-state index contributed by atoms with van der Waals surface area (Å²) in [6.45, 7) is 1.76. The molecular formula is C22H26FN3O2. The Bertz CT molecular complexity index is 819. The zero-order valence-electron chi connectivity index (χ0n) is 15.9. The van der Waals surface area contributed by atoms with E-state index in [1.54, 1.807) is 30.5 Å². The van der Waals surface area contributed by atoms with E-state index in [-0.39, 0.29) is 23.9 Å². The summed E-state index contributed by atoms with van der Waals surface area (Å²) in [6.07, 6.45) is 6.25. The first-order valence-electron chi connectivity index (χ1n) is 10.0. The van der Waals surface area contributed by atoms with Crippen molar-refractivity contribution in [1.82, 2.24) is 15.2 Å². The van der Waals surface area contributed by atoms with Crippen molar-refractivity contribution in [2.45, 2.75) is 50.3 Å². The van der Waals surface area contributed by atoms with E-state index in [4.69, 9.17) is 0 Å². The van der Waals surface area contributed by atoms with Crippen LogP contribution in [0, 0.1) is 5.82 Å². The van der Waals surface area contributed by atoms with E-state index in [0.29, 0.717) is 22.9 Å². The zero-order valence-corrected chi connectivity index (χ0v) is 15.9. The van der Waals surface area contributed by atoms with Gasteiger partial charge in [0.15, 0.2) is 0 Å². The second-order valence-corrected chi connectivity index (χ2v) is 7.86. The first-order chi connectivity index (χ1) is 13.6. The van der Waals surface area contributed by atoms with Gasteiger partial charge in [0.05, 0.1) is 17.4 Å². The minimum Gasteiger partial charge on any atom is -0.392 e. The van der Waals surface area contributed by atoms with Gasteiger partial charge in [-0.1, -0.05) is 12.1 Å². The molecule has 1 atom stereocenters. The van der Waals surface area contributed by atoms with Gasteiger partial charge in [0.25, 0.3) is 5.91 Å². The maximum atomic E-state index is 13.4. The van der Waals surface area contributed by atoms with Gasteiger partial charge in [-0.25, -0.2) is 4.39 Å². The molecule has 1 aromatic heterocycles. The van der Waals surface area contributed by atoms with Crippen LogP contribution in [0.2, 0.25) is 0 Å². The summed E-state index contributed by atoms with van der Waals surface area (Å²) in [5.41, 5.74) is 1.85. The lowest BCUT2D eigenvalue weighted by Crippen LogP contribution is -2.43. The number of hydrogen-bond acceptors (Lipinski definition) is 4. The molecule has 1 amide bonds. The third kappa shape index (κ3) is 4.39. The number of hydrogen-bond donors (Lipinski definition) is 2. The molecule has 2 heterocycles. The average Bonchev–Trinajstić information content (AvgIpc) is 3.15. The Labute approximate surface area is 164 Å². The van der Waals surface area contributed by atoms with Gasteiger partial charge >= 0.3 is 0 Å². The maximum absolute atomic E-state index is 13.4. The smallest absolute Gasteiger partial charge is 0.253 e. The summed E-state index contributed by atoms with van der Waals surface area (Å²) in [5.74, 6) is -0.418. The monoisotopic (exact) mass is 383 g/mol. The van der Waals surface area contributed by atoms with E-state index in [0.717, 1.165) is 45.2 Å². The molecule has 1 aromatic carbocycles. The molecule has 2 aromatic rings. The Hall–Kier alpha value is -2.31. The Kier molecular flexibility index (Phi) is 5.69. The number of carbonyl (C=O) groups excluding carboxylic acids is 1. The Morgan fingerprint density at radius 1 is 1.14 bits per heavy atom.